The molecule has 0 radical (unpaired) electrons. The van der Waals surface area contributed by atoms with Crippen LogP contribution >= 0.6 is 7.60 Å². The van der Waals surface area contributed by atoms with E-state index in [0.29, 0.717) is 6.42 Å². The van der Waals surface area contributed by atoms with Crippen LogP contribution in [0.2, 0.25) is 0 Å². The highest BCUT2D eigenvalue weighted by atomic mass is 31.2. The molecule has 33 heavy (non-hydrogen) atoms. The van der Waals surface area contributed by atoms with Gasteiger partial charge in [0.05, 0.1) is 5.52 Å². The van der Waals surface area contributed by atoms with E-state index in [1.54, 1.807) is 12.3 Å². The van der Waals surface area contributed by atoms with Crippen molar-refractivity contribution in [2.75, 3.05) is 6.16 Å². The van der Waals surface area contributed by atoms with Crippen molar-refractivity contribution < 1.29 is 18.7 Å². The lowest BCUT2D eigenvalue weighted by Gasteiger charge is -2.12. The minimum Gasteiger partial charge on any atom is -0.324 e. The summed E-state index contributed by atoms with van der Waals surface area (Å²) in [5.74, 6) is -0.144. The van der Waals surface area contributed by atoms with Gasteiger partial charge in [0.1, 0.15) is 5.82 Å². The summed E-state index contributed by atoms with van der Waals surface area (Å²) in [5.41, 5.74) is 4.62. The molecule has 0 amide bonds. The van der Waals surface area contributed by atoms with Gasteiger partial charge < -0.3 is 9.79 Å². The van der Waals surface area contributed by atoms with Gasteiger partial charge in [-0.25, -0.2) is 4.39 Å². The molecule has 178 valence electrons. The number of aryl methyl sites for hydroxylation is 2. The molecule has 2 aromatic carbocycles. The van der Waals surface area contributed by atoms with Crippen LogP contribution in [0, 0.1) is 5.82 Å². The van der Waals surface area contributed by atoms with Crippen molar-refractivity contribution in [3.63, 3.8) is 0 Å². The number of aromatic nitrogens is 1. The zero-order valence-corrected chi connectivity index (χ0v) is 20.4. The molecule has 0 aliphatic carbocycles. The Hall–Kier alpha value is -2.07. The Morgan fingerprint density at radius 3 is 2.30 bits per heavy atom. The number of benzene rings is 2. The second-order valence-corrected chi connectivity index (χ2v) is 10.6. The normalized spacial score (nSPS) is 11.9. The molecule has 0 unspecified atom stereocenters. The fraction of sp³-hybridized carbons (Fsp3) is 0.444. The van der Waals surface area contributed by atoms with Crippen molar-refractivity contribution in [1.29, 1.82) is 0 Å². The number of fused-ring (bicyclic) bond motifs is 1. The van der Waals surface area contributed by atoms with E-state index in [1.165, 1.54) is 19.3 Å². The number of unbranched alkanes of at least 4 members (excludes halogenated alkanes) is 6. The predicted molar refractivity (Wildman–Crippen MR) is 134 cm³/mol. The van der Waals surface area contributed by atoms with E-state index in [0.717, 1.165) is 71.7 Å². The summed E-state index contributed by atoms with van der Waals surface area (Å²) < 4.78 is 25.8. The zero-order chi connectivity index (χ0) is 23.7. The maximum atomic E-state index is 14.8. The Morgan fingerprint density at radius 1 is 0.879 bits per heavy atom. The first-order chi connectivity index (χ1) is 15.9. The molecule has 0 saturated carbocycles. The van der Waals surface area contributed by atoms with Crippen LogP contribution in [-0.4, -0.2) is 20.9 Å². The van der Waals surface area contributed by atoms with Crippen LogP contribution in [0.5, 0.6) is 0 Å². The van der Waals surface area contributed by atoms with Crippen LogP contribution in [0.3, 0.4) is 0 Å². The van der Waals surface area contributed by atoms with Crippen molar-refractivity contribution in [3.8, 4) is 11.1 Å². The highest BCUT2D eigenvalue weighted by Crippen LogP contribution is 2.36. The van der Waals surface area contributed by atoms with Crippen LogP contribution in [0.4, 0.5) is 4.39 Å². The third-order valence-corrected chi connectivity index (χ3v) is 7.06. The van der Waals surface area contributed by atoms with Crippen molar-refractivity contribution in [1.82, 2.24) is 4.98 Å². The molecule has 0 bridgehead atoms. The third kappa shape index (κ3) is 7.74. The second kappa shape index (κ2) is 12.4. The van der Waals surface area contributed by atoms with Gasteiger partial charge in [-0.1, -0.05) is 69.4 Å². The SMILES string of the molecule is CCCCCCCc1ccc(-c2ccc(CCCCCP(=O)(O)O)c3ncccc23)cc1F. The molecule has 0 spiro atoms. The molecule has 0 saturated heterocycles. The highest BCUT2D eigenvalue weighted by molar-refractivity contribution is 7.51. The highest BCUT2D eigenvalue weighted by Gasteiger charge is 2.13. The molecule has 0 aliphatic rings. The van der Waals surface area contributed by atoms with Crippen molar-refractivity contribution in [3.05, 3.63) is 65.6 Å². The van der Waals surface area contributed by atoms with E-state index < -0.39 is 7.60 Å². The number of halogens is 1. The molecule has 6 heteroatoms. The van der Waals surface area contributed by atoms with Gasteiger partial charge in [0.25, 0.3) is 0 Å². The first-order valence-corrected chi connectivity index (χ1v) is 13.9. The number of hydrogen-bond acceptors (Lipinski definition) is 2. The lowest BCUT2D eigenvalue weighted by atomic mass is 9.94. The van der Waals surface area contributed by atoms with Crippen LogP contribution in [0.25, 0.3) is 22.0 Å². The van der Waals surface area contributed by atoms with E-state index >= 15 is 0 Å². The molecule has 0 aliphatic heterocycles. The van der Waals surface area contributed by atoms with Gasteiger partial charge in [-0.15, -0.1) is 0 Å². The van der Waals surface area contributed by atoms with Crippen molar-refractivity contribution in [2.24, 2.45) is 0 Å². The maximum Gasteiger partial charge on any atom is 0.325 e. The molecule has 3 aromatic rings. The minimum absolute atomic E-state index is 0.0643. The fourth-order valence-electron chi connectivity index (χ4n) is 4.33. The third-order valence-electron chi connectivity index (χ3n) is 6.16. The van der Waals surface area contributed by atoms with Crippen LogP contribution in [0.1, 0.15) is 69.4 Å². The molecular formula is C27H35FNO3P. The molecule has 3 rings (SSSR count). The summed E-state index contributed by atoms with van der Waals surface area (Å²) >= 11 is 0. The number of hydrogen-bond donors (Lipinski definition) is 2. The quantitative estimate of drug-likeness (QED) is 0.201. The summed E-state index contributed by atoms with van der Waals surface area (Å²) in [6.07, 6.45) is 11.2. The van der Waals surface area contributed by atoms with Gasteiger partial charge in [-0.05, 0) is 66.5 Å². The Labute approximate surface area is 196 Å². The molecule has 0 atom stereocenters. The summed E-state index contributed by atoms with van der Waals surface area (Å²) in [4.78, 5) is 22.6. The van der Waals surface area contributed by atoms with E-state index in [9.17, 15) is 8.96 Å². The smallest absolute Gasteiger partial charge is 0.324 e. The fourth-order valence-corrected chi connectivity index (χ4v) is 4.97. The average Bonchev–Trinajstić information content (AvgIpc) is 2.79. The molecule has 1 aromatic heterocycles. The number of pyridine rings is 1. The second-order valence-electron chi connectivity index (χ2n) is 8.84. The summed E-state index contributed by atoms with van der Waals surface area (Å²) in [7, 11) is -3.92. The van der Waals surface area contributed by atoms with E-state index in [-0.39, 0.29) is 12.0 Å². The topological polar surface area (TPSA) is 70.4 Å². The monoisotopic (exact) mass is 471 g/mol. The Bertz CT molecular complexity index is 1100. The summed E-state index contributed by atoms with van der Waals surface area (Å²) in [5, 5.41) is 0.997. The van der Waals surface area contributed by atoms with Crippen LogP contribution < -0.4 is 0 Å². The summed E-state index contributed by atoms with van der Waals surface area (Å²) in [6, 6.07) is 13.6. The first-order valence-electron chi connectivity index (χ1n) is 12.1. The Morgan fingerprint density at radius 2 is 1.58 bits per heavy atom. The molecule has 0 fully saturated rings. The standard InChI is InChI=1S/C27H35FNO3P/c1-2-3-4-5-7-11-21-14-15-23(20-26(21)28)24-17-16-22(27-25(24)13-10-18-29-27)12-8-6-9-19-33(30,31)32/h10,13-18,20H,2-9,11-12,19H2,1H3,(H2,30,31,32). The molecule has 4 nitrogen and oxygen atoms in total. The van der Waals surface area contributed by atoms with Gasteiger partial charge in [0, 0.05) is 17.7 Å². The van der Waals surface area contributed by atoms with Gasteiger partial charge >= 0.3 is 7.60 Å². The Kier molecular flexibility index (Phi) is 9.61. The molecule has 2 N–H and O–H groups in total. The van der Waals surface area contributed by atoms with Gasteiger partial charge in [0.2, 0.25) is 0 Å². The van der Waals surface area contributed by atoms with Crippen LogP contribution in [0.15, 0.2) is 48.7 Å². The average molecular weight is 472 g/mol. The zero-order valence-electron chi connectivity index (χ0n) is 19.5. The van der Waals surface area contributed by atoms with Gasteiger partial charge in [0.15, 0.2) is 0 Å². The van der Waals surface area contributed by atoms with Crippen molar-refractivity contribution >= 4 is 18.5 Å². The lowest BCUT2D eigenvalue weighted by molar-refractivity contribution is 0.371. The maximum absolute atomic E-state index is 14.8. The lowest BCUT2D eigenvalue weighted by Crippen LogP contribution is -1.95. The van der Waals surface area contributed by atoms with E-state index in [2.05, 4.69) is 11.9 Å². The number of rotatable bonds is 13. The minimum atomic E-state index is -3.92. The van der Waals surface area contributed by atoms with Crippen LogP contribution in [-0.2, 0) is 17.4 Å². The molecular weight excluding hydrogens is 436 g/mol. The summed E-state index contributed by atoms with van der Waals surface area (Å²) in [6.45, 7) is 2.19. The van der Waals surface area contributed by atoms with Gasteiger partial charge in [-0.3, -0.25) is 9.55 Å². The van der Waals surface area contributed by atoms with Gasteiger partial charge in [-0.2, -0.15) is 0 Å². The van der Waals surface area contributed by atoms with Crippen molar-refractivity contribution in [2.45, 2.75) is 71.1 Å². The van der Waals surface area contributed by atoms with E-state index in [4.69, 9.17) is 9.79 Å². The first kappa shape index (κ1) is 25.6. The number of nitrogens with zero attached hydrogens (tertiary/aromatic N) is 1. The largest absolute Gasteiger partial charge is 0.325 e. The van der Waals surface area contributed by atoms with E-state index in [1.807, 2.05) is 36.4 Å². The Balaban J connectivity index is 1.72. The predicted octanol–water partition coefficient (Wildman–Crippen LogP) is 7.44. The molecule has 1 heterocycles.